The average molecular weight is 162 g/mol. The van der Waals surface area contributed by atoms with Gasteiger partial charge in [-0.2, -0.15) is 10.2 Å². The van der Waals surface area contributed by atoms with Crippen LogP contribution in [0.1, 0.15) is 22.1 Å². The highest BCUT2D eigenvalue weighted by molar-refractivity contribution is 5.87. The van der Waals surface area contributed by atoms with E-state index in [0.29, 0.717) is 5.56 Å². The summed E-state index contributed by atoms with van der Waals surface area (Å²) in [7, 11) is 0. The van der Waals surface area contributed by atoms with E-state index in [2.05, 4.69) is 10.2 Å². The van der Waals surface area contributed by atoms with Crippen LogP contribution in [0, 0.1) is 0 Å². The third-order valence-electron chi connectivity index (χ3n) is 1.69. The van der Waals surface area contributed by atoms with E-state index in [9.17, 15) is 4.79 Å². The van der Waals surface area contributed by atoms with Crippen LogP contribution in [0.15, 0.2) is 34.5 Å². The van der Waals surface area contributed by atoms with Crippen molar-refractivity contribution in [3.05, 3.63) is 35.4 Å². The molecule has 0 atom stereocenters. The van der Waals surface area contributed by atoms with Crippen LogP contribution < -0.4 is 0 Å². The second kappa shape index (κ2) is 2.41. The summed E-state index contributed by atoms with van der Waals surface area (Å²) in [6.07, 6.45) is -0.0483. The van der Waals surface area contributed by atoms with E-state index in [4.69, 9.17) is 5.11 Å². The van der Waals surface area contributed by atoms with E-state index in [1.807, 2.05) is 0 Å². The molecule has 0 bridgehead atoms. The summed E-state index contributed by atoms with van der Waals surface area (Å²) >= 11 is 0. The van der Waals surface area contributed by atoms with Crippen molar-refractivity contribution in [1.82, 2.24) is 0 Å². The highest BCUT2D eigenvalue weighted by Crippen LogP contribution is 2.30. The van der Waals surface area contributed by atoms with Gasteiger partial charge in [-0.3, -0.25) is 0 Å². The number of benzene rings is 1. The molecule has 0 amide bonds. The lowest BCUT2D eigenvalue weighted by Gasteiger charge is -1.95. The first-order valence-electron chi connectivity index (χ1n) is 3.50. The number of carboxylic acids is 1. The molecule has 0 saturated carbocycles. The molecule has 1 N–H and O–H groups in total. The minimum Gasteiger partial charge on any atom is -0.478 e. The molecule has 2 rings (SSSR count). The van der Waals surface area contributed by atoms with Gasteiger partial charge in [-0.15, -0.1) is 0 Å². The quantitative estimate of drug-likeness (QED) is 0.721. The van der Waals surface area contributed by atoms with Crippen LogP contribution in [-0.4, -0.2) is 11.1 Å². The minimum atomic E-state index is -0.911. The molecular formula is C8H6N2O2. The normalized spacial score (nSPS) is 14.7. The Balaban J connectivity index is 2.24. The smallest absolute Gasteiger partial charge is 0.335 e. The molecule has 4 nitrogen and oxygen atoms in total. The molecule has 0 aliphatic carbocycles. The number of rotatable bonds is 2. The van der Waals surface area contributed by atoms with Crippen LogP contribution in [0.25, 0.3) is 0 Å². The van der Waals surface area contributed by atoms with Crippen molar-refractivity contribution in [2.45, 2.75) is 6.17 Å². The molecule has 1 heterocycles. The van der Waals surface area contributed by atoms with Crippen molar-refractivity contribution in [1.29, 1.82) is 0 Å². The van der Waals surface area contributed by atoms with Crippen molar-refractivity contribution in [3.63, 3.8) is 0 Å². The van der Waals surface area contributed by atoms with Crippen LogP contribution >= 0.6 is 0 Å². The Morgan fingerprint density at radius 2 is 1.83 bits per heavy atom. The maximum absolute atomic E-state index is 10.5. The highest BCUT2D eigenvalue weighted by Gasteiger charge is 2.18. The maximum atomic E-state index is 10.5. The first-order chi connectivity index (χ1) is 5.77. The minimum absolute atomic E-state index is 0.0483. The first kappa shape index (κ1) is 6.97. The predicted molar refractivity (Wildman–Crippen MR) is 41.0 cm³/mol. The van der Waals surface area contributed by atoms with E-state index in [1.54, 1.807) is 24.3 Å². The third kappa shape index (κ3) is 1.18. The van der Waals surface area contributed by atoms with Gasteiger partial charge in [0.15, 0.2) is 0 Å². The molecule has 60 valence electrons. The molecule has 0 aromatic heterocycles. The van der Waals surface area contributed by atoms with E-state index in [1.165, 1.54) is 0 Å². The molecule has 0 radical (unpaired) electrons. The topological polar surface area (TPSA) is 62.0 Å². The molecule has 1 aromatic carbocycles. The van der Waals surface area contributed by atoms with Crippen molar-refractivity contribution in [2.75, 3.05) is 0 Å². The second-order valence-electron chi connectivity index (χ2n) is 2.53. The van der Waals surface area contributed by atoms with Crippen LogP contribution in [0.4, 0.5) is 0 Å². The van der Waals surface area contributed by atoms with Crippen LogP contribution in [0.3, 0.4) is 0 Å². The summed E-state index contributed by atoms with van der Waals surface area (Å²) in [5.74, 6) is -0.911. The zero-order valence-electron chi connectivity index (χ0n) is 6.14. The molecule has 0 saturated heterocycles. The third-order valence-corrected chi connectivity index (χ3v) is 1.69. The Bertz CT molecular complexity index is 337. The van der Waals surface area contributed by atoms with E-state index in [-0.39, 0.29) is 6.17 Å². The highest BCUT2D eigenvalue weighted by atomic mass is 16.4. The van der Waals surface area contributed by atoms with Gasteiger partial charge < -0.3 is 5.11 Å². The zero-order chi connectivity index (χ0) is 8.55. The lowest BCUT2D eigenvalue weighted by molar-refractivity contribution is 0.0697. The molecule has 4 heteroatoms. The summed E-state index contributed by atoms with van der Waals surface area (Å²) in [6.45, 7) is 0. The molecule has 0 unspecified atom stereocenters. The number of nitrogens with zero attached hydrogens (tertiary/aromatic N) is 2. The summed E-state index contributed by atoms with van der Waals surface area (Å²) < 4.78 is 0. The number of carboxylic acid groups (broad SMARTS) is 1. The Kier molecular flexibility index (Phi) is 1.40. The standard InChI is InChI=1S/C8H6N2O2/c11-8(12)6-3-1-5(2-4-6)7-9-10-7/h1-4,7H,(H,11,12). The Morgan fingerprint density at radius 3 is 2.25 bits per heavy atom. The zero-order valence-corrected chi connectivity index (χ0v) is 6.14. The number of hydrogen-bond donors (Lipinski definition) is 1. The Morgan fingerprint density at radius 1 is 1.25 bits per heavy atom. The van der Waals surface area contributed by atoms with Gasteiger partial charge in [0.05, 0.1) is 5.56 Å². The molecule has 12 heavy (non-hydrogen) atoms. The molecule has 1 aliphatic rings. The fourth-order valence-electron chi connectivity index (χ4n) is 0.964. The summed E-state index contributed by atoms with van der Waals surface area (Å²) in [4.78, 5) is 10.5. The number of aromatic carboxylic acids is 1. The van der Waals surface area contributed by atoms with Gasteiger partial charge in [0, 0.05) is 5.56 Å². The fraction of sp³-hybridized carbons (Fsp3) is 0.125. The monoisotopic (exact) mass is 162 g/mol. The van der Waals surface area contributed by atoms with Crippen LogP contribution in [0.2, 0.25) is 0 Å². The summed E-state index contributed by atoms with van der Waals surface area (Å²) in [5.41, 5.74) is 1.24. The van der Waals surface area contributed by atoms with Gasteiger partial charge in [-0.05, 0) is 12.1 Å². The van der Waals surface area contributed by atoms with E-state index in [0.717, 1.165) is 5.56 Å². The van der Waals surface area contributed by atoms with E-state index < -0.39 is 5.97 Å². The predicted octanol–water partition coefficient (Wildman–Crippen LogP) is 1.85. The van der Waals surface area contributed by atoms with Crippen molar-refractivity contribution < 1.29 is 9.90 Å². The van der Waals surface area contributed by atoms with Crippen LogP contribution in [-0.2, 0) is 0 Å². The van der Waals surface area contributed by atoms with Gasteiger partial charge in [-0.25, -0.2) is 4.79 Å². The van der Waals surface area contributed by atoms with Gasteiger partial charge in [0.2, 0.25) is 6.17 Å². The molecule has 1 aliphatic heterocycles. The summed E-state index contributed by atoms with van der Waals surface area (Å²) in [6, 6.07) is 6.57. The van der Waals surface area contributed by atoms with Gasteiger partial charge in [-0.1, -0.05) is 12.1 Å². The first-order valence-corrected chi connectivity index (χ1v) is 3.50. The Labute approximate surface area is 68.6 Å². The lowest BCUT2D eigenvalue weighted by atomic mass is 10.1. The molecule has 0 spiro atoms. The van der Waals surface area contributed by atoms with Gasteiger partial charge in [0.1, 0.15) is 0 Å². The lowest BCUT2D eigenvalue weighted by Crippen LogP contribution is -1.95. The maximum Gasteiger partial charge on any atom is 0.335 e. The number of carbonyl (C=O) groups is 1. The fourth-order valence-corrected chi connectivity index (χ4v) is 0.964. The van der Waals surface area contributed by atoms with Crippen molar-refractivity contribution >= 4 is 5.97 Å². The average Bonchev–Trinajstić information content (AvgIpc) is 2.87. The second-order valence-corrected chi connectivity index (χ2v) is 2.53. The van der Waals surface area contributed by atoms with Crippen molar-refractivity contribution in [3.8, 4) is 0 Å². The van der Waals surface area contributed by atoms with Gasteiger partial charge in [0.25, 0.3) is 0 Å². The van der Waals surface area contributed by atoms with Crippen molar-refractivity contribution in [2.24, 2.45) is 10.2 Å². The van der Waals surface area contributed by atoms with E-state index >= 15 is 0 Å². The summed E-state index contributed by atoms with van der Waals surface area (Å²) in [5, 5.41) is 16.0. The SMILES string of the molecule is O=C(O)c1ccc(C2N=N2)cc1. The Hall–Kier alpha value is -1.71. The largest absolute Gasteiger partial charge is 0.478 e. The molecule has 1 aromatic rings. The molecular weight excluding hydrogens is 156 g/mol. The molecule has 0 fully saturated rings. The van der Waals surface area contributed by atoms with Crippen LogP contribution in [0.5, 0.6) is 0 Å². The number of hydrogen-bond acceptors (Lipinski definition) is 3. The van der Waals surface area contributed by atoms with Gasteiger partial charge >= 0.3 is 5.97 Å².